The Balaban J connectivity index is 1.72. The number of nitrogens with one attached hydrogen (secondary N) is 1. The molecule has 0 aliphatic heterocycles. The molecule has 0 unspecified atom stereocenters. The molecule has 0 radical (unpaired) electrons. The first kappa shape index (κ1) is 16.8. The molecule has 0 fully saturated rings. The van der Waals surface area contributed by atoms with Gasteiger partial charge < -0.3 is 4.90 Å². The van der Waals surface area contributed by atoms with Gasteiger partial charge in [-0.15, -0.1) is 0 Å². The van der Waals surface area contributed by atoms with Gasteiger partial charge in [0, 0.05) is 26.2 Å². The van der Waals surface area contributed by atoms with E-state index in [1.165, 1.54) is 0 Å². The van der Waals surface area contributed by atoms with Gasteiger partial charge in [-0.05, 0) is 18.1 Å². The highest BCUT2D eigenvalue weighted by Crippen LogP contribution is 2.21. The summed E-state index contributed by atoms with van der Waals surface area (Å²) in [6, 6.07) is 21.7. The van der Waals surface area contributed by atoms with Crippen LogP contribution in [0.4, 0.5) is 10.6 Å². The molecule has 0 bridgehead atoms. The lowest BCUT2D eigenvalue weighted by Gasteiger charge is -2.20. The first-order valence-electron chi connectivity index (χ1n) is 8.36. The lowest BCUT2D eigenvalue weighted by atomic mass is 10.1. The summed E-state index contributed by atoms with van der Waals surface area (Å²) < 4.78 is 1.78. The van der Waals surface area contributed by atoms with E-state index in [1.807, 2.05) is 80.7 Å². The van der Waals surface area contributed by atoms with Gasteiger partial charge in [-0.3, -0.25) is 10.00 Å². The Hall–Kier alpha value is -3.08. The predicted octanol–water partition coefficient (Wildman–Crippen LogP) is 4.14. The smallest absolute Gasteiger partial charge is 0.320 e. The second kappa shape index (κ2) is 7.66. The molecular formula is C20H22N4O. The molecule has 5 heteroatoms. The van der Waals surface area contributed by atoms with Crippen LogP contribution in [0.3, 0.4) is 0 Å². The number of amides is 2. The van der Waals surface area contributed by atoms with Crippen molar-refractivity contribution >= 4 is 11.8 Å². The molecule has 1 aromatic heterocycles. The number of anilines is 1. The van der Waals surface area contributed by atoms with Crippen molar-refractivity contribution in [2.24, 2.45) is 7.05 Å². The summed E-state index contributed by atoms with van der Waals surface area (Å²) >= 11 is 0. The molecule has 0 aliphatic rings. The van der Waals surface area contributed by atoms with Crippen LogP contribution in [0.1, 0.15) is 12.5 Å². The molecule has 0 aliphatic carbocycles. The SMILES string of the molecule is CCN(Cc1ccccc1)C(=O)Nc1cc(-c2ccccc2)n(C)n1. The zero-order chi connectivity index (χ0) is 17.6. The maximum Gasteiger partial charge on any atom is 0.323 e. The van der Waals surface area contributed by atoms with E-state index >= 15 is 0 Å². The van der Waals surface area contributed by atoms with Crippen molar-refractivity contribution in [1.82, 2.24) is 14.7 Å². The molecule has 0 saturated heterocycles. The van der Waals surface area contributed by atoms with E-state index in [0.29, 0.717) is 18.9 Å². The van der Waals surface area contributed by atoms with Crippen LogP contribution in [-0.2, 0) is 13.6 Å². The summed E-state index contributed by atoms with van der Waals surface area (Å²) in [6.07, 6.45) is 0. The molecule has 0 spiro atoms. The van der Waals surface area contributed by atoms with E-state index in [9.17, 15) is 4.79 Å². The quantitative estimate of drug-likeness (QED) is 0.762. The van der Waals surface area contributed by atoms with E-state index in [4.69, 9.17) is 0 Å². The zero-order valence-corrected chi connectivity index (χ0v) is 14.5. The largest absolute Gasteiger partial charge is 0.323 e. The van der Waals surface area contributed by atoms with E-state index in [0.717, 1.165) is 16.8 Å². The van der Waals surface area contributed by atoms with E-state index < -0.39 is 0 Å². The summed E-state index contributed by atoms with van der Waals surface area (Å²) in [5.74, 6) is 0.554. The molecule has 5 nitrogen and oxygen atoms in total. The minimum Gasteiger partial charge on any atom is -0.320 e. The number of hydrogen-bond donors (Lipinski definition) is 1. The van der Waals surface area contributed by atoms with E-state index in [2.05, 4.69) is 10.4 Å². The monoisotopic (exact) mass is 334 g/mol. The number of nitrogens with zero attached hydrogens (tertiary/aromatic N) is 3. The average molecular weight is 334 g/mol. The summed E-state index contributed by atoms with van der Waals surface area (Å²) in [6.45, 7) is 3.16. The fraction of sp³-hybridized carbons (Fsp3) is 0.200. The standard InChI is InChI=1S/C20H22N4O/c1-3-24(15-16-10-6-4-7-11-16)20(25)21-19-14-18(23(2)22-19)17-12-8-5-9-13-17/h4-14H,3,15H2,1-2H3,(H,21,22,25). The minimum atomic E-state index is -0.149. The average Bonchev–Trinajstić information content (AvgIpc) is 3.01. The van der Waals surface area contributed by atoms with Crippen LogP contribution in [-0.4, -0.2) is 27.3 Å². The minimum absolute atomic E-state index is 0.149. The first-order chi connectivity index (χ1) is 12.2. The molecule has 2 aromatic carbocycles. The zero-order valence-electron chi connectivity index (χ0n) is 14.5. The topological polar surface area (TPSA) is 50.2 Å². The van der Waals surface area contributed by atoms with Gasteiger partial charge in [0.1, 0.15) is 0 Å². The number of benzene rings is 2. The third kappa shape index (κ3) is 4.07. The molecular weight excluding hydrogens is 312 g/mol. The Morgan fingerprint density at radius 3 is 2.36 bits per heavy atom. The highest BCUT2D eigenvalue weighted by molar-refractivity contribution is 5.89. The fourth-order valence-corrected chi connectivity index (χ4v) is 2.73. The van der Waals surface area contributed by atoms with E-state index in [1.54, 1.807) is 9.58 Å². The highest BCUT2D eigenvalue weighted by Gasteiger charge is 2.15. The number of carbonyl (C=O) groups is 1. The van der Waals surface area contributed by atoms with Crippen molar-refractivity contribution in [2.45, 2.75) is 13.5 Å². The van der Waals surface area contributed by atoms with Gasteiger partial charge in [-0.2, -0.15) is 5.10 Å². The van der Waals surface area contributed by atoms with Crippen LogP contribution < -0.4 is 5.32 Å². The fourth-order valence-electron chi connectivity index (χ4n) is 2.73. The highest BCUT2D eigenvalue weighted by atomic mass is 16.2. The maximum atomic E-state index is 12.6. The van der Waals surface area contributed by atoms with Crippen LogP contribution in [0.15, 0.2) is 66.7 Å². The second-order valence-corrected chi connectivity index (χ2v) is 5.83. The third-order valence-electron chi connectivity index (χ3n) is 4.07. The van der Waals surface area contributed by atoms with Crippen molar-refractivity contribution in [2.75, 3.05) is 11.9 Å². The molecule has 128 valence electrons. The van der Waals surface area contributed by atoms with Crippen LogP contribution in [0, 0.1) is 0 Å². The number of aromatic nitrogens is 2. The normalized spacial score (nSPS) is 10.5. The van der Waals surface area contributed by atoms with Gasteiger partial charge in [0.05, 0.1) is 5.69 Å². The van der Waals surface area contributed by atoms with Gasteiger partial charge in [0.15, 0.2) is 5.82 Å². The van der Waals surface area contributed by atoms with Crippen molar-refractivity contribution in [3.63, 3.8) is 0 Å². The molecule has 0 saturated carbocycles. The molecule has 1 heterocycles. The van der Waals surface area contributed by atoms with Crippen molar-refractivity contribution in [3.8, 4) is 11.3 Å². The molecule has 3 rings (SSSR count). The van der Waals surface area contributed by atoms with Gasteiger partial charge in [-0.1, -0.05) is 60.7 Å². The Morgan fingerprint density at radius 1 is 1.08 bits per heavy atom. The van der Waals surface area contributed by atoms with Crippen molar-refractivity contribution in [1.29, 1.82) is 0 Å². The molecule has 25 heavy (non-hydrogen) atoms. The number of rotatable bonds is 5. The third-order valence-corrected chi connectivity index (χ3v) is 4.07. The Bertz CT molecular complexity index is 827. The second-order valence-electron chi connectivity index (χ2n) is 5.83. The van der Waals surface area contributed by atoms with Gasteiger partial charge in [-0.25, -0.2) is 4.79 Å². The number of carbonyl (C=O) groups excluding carboxylic acids is 1. The summed E-state index contributed by atoms with van der Waals surface area (Å²) in [7, 11) is 1.87. The lowest BCUT2D eigenvalue weighted by Crippen LogP contribution is -2.34. The van der Waals surface area contributed by atoms with Crippen LogP contribution >= 0.6 is 0 Å². The van der Waals surface area contributed by atoms with Crippen LogP contribution in [0.25, 0.3) is 11.3 Å². The van der Waals surface area contributed by atoms with Crippen molar-refractivity contribution in [3.05, 3.63) is 72.3 Å². The van der Waals surface area contributed by atoms with E-state index in [-0.39, 0.29) is 6.03 Å². The van der Waals surface area contributed by atoms with Crippen LogP contribution in [0.5, 0.6) is 0 Å². The number of aryl methyl sites for hydroxylation is 1. The molecule has 3 aromatic rings. The number of hydrogen-bond acceptors (Lipinski definition) is 2. The maximum absolute atomic E-state index is 12.6. The van der Waals surface area contributed by atoms with Gasteiger partial charge in [0.2, 0.25) is 0 Å². The van der Waals surface area contributed by atoms with Crippen LogP contribution in [0.2, 0.25) is 0 Å². The summed E-state index contributed by atoms with van der Waals surface area (Å²) in [5, 5.41) is 7.31. The molecule has 0 atom stereocenters. The Kier molecular flexibility index (Phi) is 5.14. The first-order valence-corrected chi connectivity index (χ1v) is 8.36. The number of urea groups is 1. The van der Waals surface area contributed by atoms with Crippen molar-refractivity contribution < 1.29 is 4.79 Å². The van der Waals surface area contributed by atoms with Gasteiger partial charge >= 0.3 is 6.03 Å². The summed E-state index contributed by atoms with van der Waals surface area (Å²) in [4.78, 5) is 14.3. The predicted molar refractivity (Wildman–Crippen MR) is 100 cm³/mol. The van der Waals surface area contributed by atoms with Gasteiger partial charge in [0.25, 0.3) is 0 Å². The Morgan fingerprint density at radius 2 is 1.72 bits per heavy atom. The Labute approximate surface area is 147 Å². The lowest BCUT2D eigenvalue weighted by molar-refractivity contribution is 0.212. The molecule has 1 N–H and O–H groups in total. The molecule has 2 amide bonds. The summed E-state index contributed by atoms with van der Waals surface area (Å²) in [5.41, 5.74) is 3.13.